The van der Waals surface area contributed by atoms with Gasteiger partial charge in [-0.15, -0.1) is 0 Å². The minimum absolute atomic E-state index is 0.0645. The van der Waals surface area contributed by atoms with Gasteiger partial charge in [-0.05, 0) is 48.0 Å². The van der Waals surface area contributed by atoms with Crippen molar-refractivity contribution in [1.82, 2.24) is 4.90 Å². The van der Waals surface area contributed by atoms with Crippen molar-refractivity contribution < 1.29 is 23.0 Å². The van der Waals surface area contributed by atoms with E-state index in [1.807, 2.05) is 30.3 Å². The third-order valence-corrected chi connectivity index (χ3v) is 5.75. The summed E-state index contributed by atoms with van der Waals surface area (Å²) in [4.78, 5) is 17.4. The second-order valence-corrected chi connectivity index (χ2v) is 7.99. The number of anilines is 2. The number of nitrogens with zero attached hydrogens (tertiary/aromatic N) is 2. The summed E-state index contributed by atoms with van der Waals surface area (Å²) in [5.41, 5.74) is 3.35. The molecule has 1 amide bonds. The Balaban J connectivity index is 1.32. The molecular weight excluding hydrogens is 440 g/mol. The first-order valence-electron chi connectivity index (χ1n) is 11.1. The number of carbonyl (C=O) groups is 1. The molecular formula is C26H27F2N3O3. The van der Waals surface area contributed by atoms with Crippen LogP contribution in [0.3, 0.4) is 0 Å². The van der Waals surface area contributed by atoms with Gasteiger partial charge in [-0.25, -0.2) is 0 Å². The standard InChI is InChI=1S/C26H27F2N3O3/c1-33-24-17-20(7-12-23(24)34-26(27)28)25(32)29-21-8-10-22(11-9-21)31-15-13-30(14-16-31)18-19-5-3-2-4-6-19/h2-12,17,26H,13-16,18H2,1H3,(H,29,32). The van der Waals surface area contributed by atoms with Crippen molar-refractivity contribution in [3.63, 3.8) is 0 Å². The predicted octanol–water partition coefficient (Wildman–Crippen LogP) is 4.87. The minimum atomic E-state index is -2.97. The minimum Gasteiger partial charge on any atom is -0.493 e. The van der Waals surface area contributed by atoms with Gasteiger partial charge in [0, 0.05) is 49.7 Å². The van der Waals surface area contributed by atoms with E-state index in [9.17, 15) is 13.6 Å². The number of piperazine rings is 1. The molecule has 1 N–H and O–H groups in total. The molecule has 4 rings (SSSR count). The van der Waals surface area contributed by atoms with Crippen LogP contribution in [0.15, 0.2) is 72.8 Å². The van der Waals surface area contributed by atoms with Crippen LogP contribution < -0.4 is 19.7 Å². The van der Waals surface area contributed by atoms with Gasteiger partial charge in [0.2, 0.25) is 0 Å². The first kappa shape index (κ1) is 23.5. The molecule has 1 saturated heterocycles. The summed E-state index contributed by atoms with van der Waals surface area (Å²) in [6.45, 7) is 1.83. The monoisotopic (exact) mass is 467 g/mol. The van der Waals surface area contributed by atoms with E-state index in [0.717, 1.165) is 38.4 Å². The van der Waals surface area contributed by atoms with Crippen LogP contribution in [-0.4, -0.2) is 50.7 Å². The van der Waals surface area contributed by atoms with E-state index in [0.29, 0.717) is 5.69 Å². The summed E-state index contributed by atoms with van der Waals surface area (Å²) < 4.78 is 34.5. The number of methoxy groups -OCH3 is 1. The lowest BCUT2D eigenvalue weighted by Gasteiger charge is -2.36. The van der Waals surface area contributed by atoms with Crippen molar-refractivity contribution in [3.8, 4) is 11.5 Å². The first-order chi connectivity index (χ1) is 16.5. The fourth-order valence-corrected chi connectivity index (χ4v) is 3.97. The fraction of sp³-hybridized carbons (Fsp3) is 0.269. The number of halogens is 2. The van der Waals surface area contributed by atoms with Gasteiger partial charge in [-0.3, -0.25) is 9.69 Å². The number of alkyl halides is 2. The Bertz CT molecular complexity index is 1090. The Kier molecular flexibility index (Phi) is 7.59. The lowest BCUT2D eigenvalue weighted by atomic mass is 10.1. The summed E-state index contributed by atoms with van der Waals surface area (Å²) in [6, 6.07) is 22.2. The van der Waals surface area contributed by atoms with Crippen molar-refractivity contribution >= 4 is 17.3 Å². The van der Waals surface area contributed by atoms with Crippen LogP contribution in [0.4, 0.5) is 20.2 Å². The number of benzene rings is 3. The Morgan fingerprint density at radius 2 is 1.65 bits per heavy atom. The molecule has 1 aliphatic rings. The van der Waals surface area contributed by atoms with Gasteiger partial charge in [0.1, 0.15) is 0 Å². The second kappa shape index (κ2) is 11.0. The van der Waals surface area contributed by atoms with Crippen LogP contribution in [0.25, 0.3) is 0 Å². The summed E-state index contributed by atoms with van der Waals surface area (Å²) in [6.07, 6.45) is 0. The summed E-state index contributed by atoms with van der Waals surface area (Å²) in [7, 11) is 1.33. The highest BCUT2D eigenvalue weighted by molar-refractivity contribution is 6.04. The zero-order chi connectivity index (χ0) is 23.9. The summed E-state index contributed by atoms with van der Waals surface area (Å²) >= 11 is 0. The topological polar surface area (TPSA) is 54.0 Å². The third-order valence-electron chi connectivity index (χ3n) is 5.75. The van der Waals surface area contributed by atoms with Crippen molar-refractivity contribution in [2.45, 2.75) is 13.2 Å². The van der Waals surface area contributed by atoms with E-state index >= 15 is 0 Å². The zero-order valence-corrected chi connectivity index (χ0v) is 18.9. The first-order valence-corrected chi connectivity index (χ1v) is 11.1. The number of carbonyl (C=O) groups excluding carboxylic acids is 1. The molecule has 3 aromatic carbocycles. The fourth-order valence-electron chi connectivity index (χ4n) is 3.97. The average Bonchev–Trinajstić information content (AvgIpc) is 2.85. The van der Waals surface area contributed by atoms with Crippen molar-refractivity contribution in [1.29, 1.82) is 0 Å². The molecule has 0 atom stereocenters. The molecule has 0 aromatic heterocycles. The normalized spacial score (nSPS) is 14.2. The molecule has 6 nitrogen and oxygen atoms in total. The van der Waals surface area contributed by atoms with E-state index in [-0.39, 0.29) is 23.0 Å². The SMILES string of the molecule is COc1cc(C(=O)Nc2ccc(N3CCN(Cc4ccccc4)CC3)cc2)ccc1OC(F)F. The summed E-state index contributed by atoms with van der Waals surface area (Å²) in [5.74, 6) is -0.429. The largest absolute Gasteiger partial charge is 0.493 e. The van der Waals surface area contributed by atoms with Crippen molar-refractivity contribution in [3.05, 3.63) is 83.9 Å². The number of ether oxygens (including phenoxy) is 2. The smallest absolute Gasteiger partial charge is 0.387 e. The molecule has 0 saturated carbocycles. The van der Waals surface area contributed by atoms with Crippen LogP contribution in [0.2, 0.25) is 0 Å². The van der Waals surface area contributed by atoms with Gasteiger partial charge in [0.25, 0.3) is 5.91 Å². The van der Waals surface area contributed by atoms with E-state index in [1.165, 1.54) is 30.9 Å². The maximum absolute atomic E-state index is 12.6. The zero-order valence-electron chi connectivity index (χ0n) is 18.9. The highest BCUT2D eigenvalue weighted by Crippen LogP contribution is 2.30. The number of hydrogen-bond acceptors (Lipinski definition) is 5. The Morgan fingerprint density at radius 1 is 0.941 bits per heavy atom. The maximum atomic E-state index is 12.6. The number of hydrogen-bond donors (Lipinski definition) is 1. The lowest BCUT2D eigenvalue weighted by molar-refractivity contribution is -0.0512. The van der Waals surface area contributed by atoms with Gasteiger partial charge in [0.05, 0.1) is 7.11 Å². The van der Waals surface area contributed by atoms with Crippen LogP contribution in [0, 0.1) is 0 Å². The highest BCUT2D eigenvalue weighted by Gasteiger charge is 2.18. The molecule has 3 aromatic rings. The lowest BCUT2D eigenvalue weighted by Crippen LogP contribution is -2.45. The van der Waals surface area contributed by atoms with Crippen molar-refractivity contribution in [2.75, 3.05) is 43.5 Å². The van der Waals surface area contributed by atoms with Crippen molar-refractivity contribution in [2.24, 2.45) is 0 Å². The Hall–Kier alpha value is -3.65. The molecule has 0 aliphatic carbocycles. The molecule has 0 bridgehead atoms. The van der Waals surface area contributed by atoms with E-state index in [4.69, 9.17) is 4.74 Å². The van der Waals surface area contributed by atoms with E-state index in [1.54, 1.807) is 0 Å². The van der Waals surface area contributed by atoms with Gasteiger partial charge < -0.3 is 19.7 Å². The molecule has 1 aliphatic heterocycles. The van der Waals surface area contributed by atoms with Gasteiger partial charge in [-0.2, -0.15) is 8.78 Å². The molecule has 34 heavy (non-hydrogen) atoms. The molecule has 1 fully saturated rings. The Morgan fingerprint density at radius 3 is 2.29 bits per heavy atom. The predicted molar refractivity (Wildman–Crippen MR) is 128 cm³/mol. The van der Waals surface area contributed by atoms with Crippen LogP contribution in [-0.2, 0) is 6.54 Å². The molecule has 0 unspecified atom stereocenters. The van der Waals surface area contributed by atoms with Crippen LogP contribution >= 0.6 is 0 Å². The molecule has 0 radical (unpaired) electrons. The van der Waals surface area contributed by atoms with E-state index in [2.05, 4.69) is 44.1 Å². The van der Waals surface area contributed by atoms with Crippen LogP contribution in [0.5, 0.6) is 11.5 Å². The maximum Gasteiger partial charge on any atom is 0.387 e. The number of rotatable bonds is 8. The average molecular weight is 468 g/mol. The van der Waals surface area contributed by atoms with Gasteiger partial charge >= 0.3 is 6.61 Å². The molecule has 8 heteroatoms. The molecule has 178 valence electrons. The van der Waals surface area contributed by atoms with Gasteiger partial charge in [0.15, 0.2) is 11.5 Å². The molecule has 0 spiro atoms. The summed E-state index contributed by atoms with van der Waals surface area (Å²) in [5, 5.41) is 2.82. The highest BCUT2D eigenvalue weighted by atomic mass is 19.3. The molecule has 1 heterocycles. The quantitative estimate of drug-likeness (QED) is 0.512. The number of nitrogens with one attached hydrogen (secondary N) is 1. The Labute approximate surface area is 197 Å². The third kappa shape index (κ3) is 6.02. The number of amides is 1. The van der Waals surface area contributed by atoms with Crippen LogP contribution in [0.1, 0.15) is 15.9 Å². The second-order valence-electron chi connectivity index (χ2n) is 7.99. The van der Waals surface area contributed by atoms with E-state index < -0.39 is 6.61 Å². The van der Waals surface area contributed by atoms with Gasteiger partial charge in [-0.1, -0.05) is 30.3 Å².